The lowest BCUT2D eigenvalue weighted by Crippen LogP contribution is -2.12. The fourth-order valence-corrected chi connectivity index (χ4v) is 2.41. The van der Waals surface area contributed by atoms with Crippen LogP contribution in [0, 0.1) is 12.8 Å². The molecule has 0 saturated heterocycles. The van der Waals surface area contributed by atoms with E-state index in [1.807, 2.05) is 11.8 Å². The van der Waals surface area contributed by atoms with Gasteiger partial charge in [-0.05, 0) is 36.3 Å². The standard InChI is InChI=1S/C12H19NS/c1-10(7-13)8-14-9-12-6-4-3-5-11(12)2/h3-6,10H,7-9,13H2,1-2H3. The van der Waals surface area contributed by atoms with Crippen molar-refractivity contribution in [1.29, 1.82) is 0 Å². The summed E-state index contributed by atoms with van der Waals surface area (Å²) >= 11 is 1.97. The van der Waals surface area contributed by atoms with Crippen LogP contribution in [-0.4, -0.2) is 12.3 Å². The first-order chi connectivity index (χ1) is 6.74. The van der Waals surface area contributed by atoms with Gasteiger partial charge in [-0.15, -0.1) is 0 Å². The average molecular weight is 209 g/mol. The molecule has 0 fully saturated rings. The Bertz CT molecular complexity index is 273. The molecule has 0 spiro atoms. The molecular weight excluding hydrogens is 190 g/mol. The van der Waals surface area contributed by atoms with Crippen molar-refractivity contribution in [3.8, 4) is 0 Å². The number of nitrogens with two attached hydrogens (primary N) is 1. The highest BCUT2D eigenvalue weighted by atomic mass is 32.2. The lowest BCUT2D eigenvalue weighted by atomic mass is 10.1. The molecule has 0 bridgehead atoms. The van der Waals surface area contributed by atoms with Crippen LogP contribution in [0.1, 0.15) is 18.1 Å². The van der Waals surface area contributed by atoms with Gasteiger partial charge in [0.1, 0.15) is 0 Å². The van der Waals surface area contributed by atoms with E-state index >= 15 is 0 Å². The summed E-state index contributed by atoms with van der Waals surface area (Å²) in [7, 11) is 0. The largest absolute Gasteiger partial charge is 0.330 e. The van der Waals surface area contributed by atoms with Crippen LogP contribution >= 0.6 is 11.8 Å². The number of aryl methyl sites for hydroxylation is 1. The minimum Gasteiger partial charge on any atom is -0.330 e. The Morgan fingerprint density at radius 2 is 2.07 bits per heavy atom. The first-order valence-corrected chi connectivity index (χ1v) is 6.22. The Labute approximate surface area is 91.1 Å². The van der Waals surface area contributed by atoms with E-state index in [1.165, 1.54) is 11.1 Å². The van der Waals surface area contributed by atoms with E-state index in [0.29, 0.717) is 5.92 Å². The summed E-state index contributed by atoms with van der Waals surface area (Å²) in [6, 6.07) is 8.57. The molecule has 14 heavy (non-hydrogen) atoms. The van der Waals surface area contributed by atoms with Gasteiger partial charge >= 0.3 is 0 Å². The molecule has 0 aliphatic heterocycles. The van der Waals surface area contributed by atoms with E-state index in [0.717, 1.165) is 18.1 Å². The zero-order valence-electron chi connectivity index (χ0n) is 8.99. The van der Waals surface area contributed by atoms with Crippen LogP contribution in [0.4, 0.5) is 0 Å². The molecule has 1 unspecified atom stereocenters. The summed E-state index contributed by atoms with van der Waals surface area (Å²) in [6.07, 6.45) is 0. The van der Waals surface area contributed by atoms with Gasteiger partial charge in [0, 0.05) is 5.75 Å². The van der Waals surface area contributed by atoms with Crippen LogP contribution in [0.2, 0.25) is 0 Å². The smallest absolute Gasteiger partial charge is 0.0187 e. The molecule has 1 nitrogen and oxygen atoms in total. The molecular formula is C12H19NS. The Hall–Kier alpha value is -0.470. The highest BCUT2D eigenvalue weighted by Gasteiger charge is 2.01. The summed E-state index contributed by atoms with van der Waals surface area (Å²) < 4.78 is 0. The van der Waals surface area contributed by atoms with Crippen LogP contribution in [0.25, 0.3) is 0 Å². The molecule has 0 amide bonds. The molecule has 1 atom stereocenters. The minimum absolute atomic E-state index is 0.629. The van der Waals surface area contributed by atoms with Gasteiger partial charge in [0.15, 0.2) is 0 Å². The van der Waals surface area contributed by atoms with E-state index < -0.39 is 0 Å². The van der Waals surface area contributed by atoms with Crippen molar-refractivity contribution in [2.45, 2.75) is 19.6 Å². The van der Waals surface area contributed by atoms with E-state index in [9.17, 15) is 0 Å². The molecule has 1 aromatic carbocycles. The van der Waals surface area contributed by atoms with Gasteiger partial charge in [0.25, 0.3) is 0 Å². The third-order valence-corrected chi connectivity index (χ3v) is 3.64. The maximum atomic E-state index is 5.57. The maximum Gasteiger partial charge on any atom is 0.0187 e. The number of hydrogen-bond donors (Lipinski definition) is 1. The molecule has 0 aliphatic carbocycles. The number of thioether (sulfide) groups is 1. The third-order valence-electron chi connectivity index (χ3n) is 2.32. The number of benzene rings is 1. The summed E-state index contributed by atoms with van der Waals surface area (Å²) in [6.45, 7) is 5.16. The number of hydrogen-bond acceptors (Lipinski definition) is 2. The van der Waals surface area contributed by atoms with Crippen molar-refractivity contribution in [2.24, 2.45) is 11.7 Å². The molecule has 2 N–H and O–H groups in total. The second-order valence-electron chi connectivity index (χ2n) is 3.78. The fraction of sp³-hybridized carbons (Fsp3) is 0.500. The van der Waals surface area contributed by atoms with Crippen LogP contribution in [0.3, 0.4) is 0 Å². The van der Waals surface area contributed by atoms with Crippen LogP contribution in [0.5, 0.6) is 0 Å². The summed E-state index contributed by atoms with van der Waals surface area (Å²) in [5, 5.41) is 0. The maximum absolute atomic E-state index is 5.57. The Morgan fingerprint density at radius 1 is 1.36 bits per heavy atom. The lowest BCUT2D eigenvalue weighted by Gasteiger charge is -2.08. The molecule has 0 radical (unpaired) electrons. The first-order valence-electron chi connectivity index (χ1n) is 5.06. The summed E-state index contributed by atoms with van der Waals surface area (Å²) in [5.74, 6) is 2.89. The van der Waals surface area contributed by atoms with Crippen LogP contribution in [0.15, 0.2) is 24.3 Å². The molecule has 0 heterocycles. The quantitative estimate of drug-likeness (QED) is 0.807. The SMILES string of the molecule is Cc1ccccc1CSCC(C)CN. The molecule has 0 saturated carbocycles. The van der Waals surface area contributed by atoms with Crippen molar-refractivity contribution in [1.82, 2.24) is 0 Å². The van der Waals surface area contributed by atoms with Crippen LogP contribution in [-0.2, 0) is 5.75 Å². The van der Waals surface area contributed by atoms with Crippen molar-refractivity contribution in [3.63, 3.8) is 0 Å². The molecule has 0 aliphatic rings. The summed E-state index contributed by atoms with van der Waals surface area (Å²) in [4.78, 5) is 0. The molecule has 78 valence electrons. The van der Waals surface area contributed by atoms with Gasteiger partial charge in [-0.1, -0.05) is 31.2 Å². The Morgan fingerprint density at radius 3 is 2.71 bits per heavy atom. The van der Waals surface area contributed by atoms with Gasteiger partial charge in [0.05, 0.1) is 0 Å². The number of rotatable bonds is 5. The summed E-state index contributed by atoms with van der Waals surface area (Å²) in [5.41, 5.74) is 8.40. The van der Waals surface area contributed by atoms with E-state index in [1.54, 1.807) is 0 Å². The van der Waals surface area contributed by atoms with E-state index in [-0.39, 0.29) is 0 Å². The molecule has 2 heteroatoms. The van der Waals surface area contributed by atoms with Crippen LogP contribution < -0.4 is 5.73 Å². The minimum atomic E-state index is 0.629. The van der Waals surface area contributed by atoms with Gasteiger partial charge in [-0.25, -0.2) is 0 Å². The Kier molecular flexibility index (Phi) is 5.05. The van der Waals surface area contributed by atoms with Crippen molar-refractivity contribution < 1.29 is 0 Å². The molecule has 1 rings (SSSR count). The van der Waals surface area contributed by atoms with Gasteiger partial charge < -0.3 is 5.73 Å². The van der Waals surface area contributed by atoms with E-state index in [4.69, 9.17) is 5.73 Å². The second-order valence-corrected chi connectivity index (χ2v) is 4.81. The van der Waals surface area contributed by atoms with Crippen molar-refractivity contribution >= 4 is 11.8 Å². The lowest BCUT2D eigenvalue weighted by molar-refractivity contribution is 0.675. The zero-order chi connectivity index (χ0) is 10.4. The fourth-order valence-electron chi connectivity index (χ4n) is 1.21. The average Bonchev–Trinajstić information content (AvgIpc) is 2.20. The Balaban J connectivity index is 2.35. The second kappa shape index (κ2) is 6.10. The van der Waals surface area contributed by atoms with Gasteiger partial charge in [-0.3, -0.25) is 0 Å². The third kappa shape index (κ3) is 3.72. The normalized spacial score (nSPS) is 12.8. The molecule has 0 aromatic heterocycles. The monoisotopic (exact) mass is 209 g/mol. The highest BCUT2D eigenvalue weighted by Crippen LogP contribution is 2.17. The topological polar surface area (TPSA) is 26.0 Å². The highest BCUT2D eigenvalue weighted by molar-refractivity contribution is 7.98. The first kappa shape index (κ1) is 11.6. The van der Waals surface area contributed by atoms with Gasteiger partial charge in [0.2, 0.25) is 0 Å². The van der Waals surface area contributed by atoms with Crippen molar-refractivity contribution in [2.75, 3.05) is 12.3 Å². The molecule has 1 aromatic rings. The van der Waals surface area contributed by atoms with E-state index in [2.05, 4.69) is 38.1 Å². The van der Waals surface area contributed by atoms with Crippen molar-refractivity contribution in [3.05, 3.63) is 35.4 Å². The van der Waals surface area contributed by atoms with Gasteiger partial charge in [-0.2, -0.15) is 11.8 Å². The predicted molar refractivity (Wildman–Crippen MR) is 65.6 cm³/mol. The predicted octanol–water partition coefficient (Wildman–Crippen LogP) is 2.82. The zero-order valence-corrected chi connectivity index (χ0v) is 9.81.